The maximum atomic E-state index is 11.3. The molecule has 0 aliphatic heterocycles. The average Bonchev–Trinajstić information content (AvgIpc) is 1.81. The molecule has 0 saturated carbocycles. The Labute approximate surface area is 79.9 Å². The Kier molecular flexibility index (Phi) is 4.14. The third-order valence-corrected chi connectivity index (χ3v) is 1.26. The highest BCUT2D eigenvalue weighted by atomic mass is 16.6. The molecule has 0 heterocycles. The van der Waals surface area contributed by atoms with Gasteiger partial charge in [-0.2, -0.15) is 0 Å². The van der Waals surface area contributed by atoms with Crippen molar-refractivity contribution in [3.8, 4) is 0 Å². The highest BCUT2D eigenvalue weighted by Gasteiger charge is 2.18. The van der Waals surface area contributed by atoms with Crippen LogP contribution in [0.3, 0.4) is 0 Å². The first-order valence-corrected chi connectivity index (χ1v) is 4.39. The van der Waals surface area contributed by atoms with Gasteiger partial charge in [-0.3, -0.25) is 0 Å². The van der Waals surface area contributed by atoms with Crippen LogP contribution in [0.2, 0.25) is 0 Å². The molecule has 0 spiro atoms. The number of carbonyl (C=O) groups is 1. The molecule has 76 valence electrons. The lowest BCUT2D eigenvalue weighted by Crippen LogP contribution is -2.26. The largest absolute Gasteiger partial charge is 0.457 e. The second kappa shape index (κ2) is 4.42. The van der Waals surface area contributed by atoms with Crippen molar-refractivity contribution < 1.29 is 9.53 Å². The van der Waals surface area contributed by atoms with E-state index in [1.54, 1.807) is 0 Å². The van der Waals surface area contributed by atoms with Gasteiger partial charge in [-0.15, -0.1) is 0 Å². The molecule has 0 aliphatic carbocycles. The number of hydrogen-bond donors (Lipinski definition) is 1. The molecule has 2 N–H and O–H groups in total. The molecule has 0 bridgehead atoms. The molecule has 0 aromatic rings. The summed E-state index contributed by atoms with van der Waals surface area (Å²) >= 11 is 0. The number of ether oxygens (including phenoxy) is 1. The van der Waals surface area contributed by atoms with Crippen molar-refractivity contribution in [1.29, 1.82) is 0 Å². The minimum absolute atomic E-state index is 0.0555. The predicted molar refractivity (Wildman–Crippen MR) is 53.3 cm³/mol. The summed E-state index contributed by atoms with van der Waals surface area (Å²) in [5, 5.41) is 0. The maximum absolute atomic E-state index is 11.3. The van der Waals surface area contributed by atoms with Crippen LogP contribution in [0.25, 0.3) is 0 Å². The second-order valence-electron chi connectivity index (χ2n) is 4.29. The summed E-state index contributed by atoms with van der Waals surface area (Å²) in [6, 6.07) is -0.0555. The first-order chi connectivity index (χ1) is 5.72. The normalized spacial score (nSPS) is 13.6. The Hall–Kier alpha value is -0.830. The zero-order chi connectivity index (χ0) is 10.6. The minimum atomic E-state index is -0.460. The lowest BCUT2D eigenvalue weighted by Gasteiger charge is -2.20. The van der Waals surface area contributed by atoms with E-state index in [1.807, 2.05) is 27.7 Å². The van der Waals surface area contributed by atoms with Crippen LogP contribution in [-0.2, 0) is 9.53 Å². The van der Waals surface area contributed by atoms with Gasteiger partial charge in [0.05, 0.1) is 0 Å². The van der Waals surface area contributed by atoms with Crippen molar-refractivity contribution in [2.75, 3.05) is 0 Å². The summed E-state index contributed by atoms with van der Waals surface area (Å²) < 4.78 is 5.11. The fourth-order valence-electron chi connectivity index (χ4n) is 0.822. The molecular formula is C10H19NO2. The molecule has 0 aromatic heterocycles. The van der Waals surface area contributed by atoms with Gasteiger partial charge in [-0.1, -0.05) is 6.58 Å². The summed E-state index contributed by atoms with van der Waals surface area (Å²) in [7, 11) is 0. The standard InChI is InChI=1S/C10H19NO2/c1-7(6-8(2)11)9(12)13-10(3,4)5/h8H,1,6,11H2,2-5H3. The van der Waals surface area contributed by atoms with Gasteiger partial charge in [-0.25, -0.2) is 4.79 Å². The topological polar surface area (TPSA) is 52.3 Å². The van der Waals surface area contributed by atoms with E-state index in [0.717, 1.165) is 0 Å². The van der Waals surface area contributed by atoms with Crippen LogP contribution in [-0.4, -0.2) is 17.6 Å². The number of hydrogen-bond acceptors (Lipinski definition) is 3. The van der Waals surface area contributed by atoms with E-state index in [0.29, 0.717) is 12.0 Å². The van der Waals surface area contributed by atoms with Gasteiger partial charge in [0, 0.05) is 11.6 Å². The molecule has 1 atom stereocenters. The molecule has 0 radical (unpaired) electrons. The summed E-state index contributed by atoms with van der Waals surface area (Å²) in [6.45, 7) is 10.9. The van der Waals surface area contributed by atoms with Gasteiger partial charge < -0.3 is 10.5 Å². The van der Waals surface area contributed by atoms with E-state index in [4.69, 9.17) is 10.5 Å². The van der Waals surface area contributed by atoms with Gasteiger partial charge in [0.2, 0.25) is 0 Å². The number of rotatable bonds is 3. The van der Waals surface area contributed by atoms with Crippen LogP contribution in [0.1, 0.15) is 34.1 Å². The maximum Gasteiger partial charge on any atom is 0.333 e. The lowest BCUT2D eigenvalue weighted by atomic mass is 10.1. The molecule has 3 heteroatoms. The van der Waals surface area contributed by atoms with Crippen molar-refractivity contribution in [1.82, 2.24) is 0 Å². The van der Waals surface area contributed by atoms with Crippen LogP contribution >= 0.6 is 0 Å². The number of nitrogens with two attached hydrogens (primary N) is 1. The van der Waals surface area contributed by atoms with Crippen molar-refractivity contribution in [3.63, 3.8) is 0 Å². The van der Waals surface area contributed by atoms with Crippen LogP contribution in [0.4, 0.5) is 0 Å². The van der Waals surface area contributed by atoms with Crippen LogP contribution in [0.15, 0.2) is 12.2 Å². The molecule has 0 rings (SSSR count). The number of esters is 1. The Morgan fingerprint density at radius 3 is 2.31 bits per heavy atom. The van der Waals surface area contributed by atoms with Crippen LogP contribution < -0.4 is 5.73 Å². The van der Waals surface area contributed by atoms with E-state index >= 15 is 0 Å². The van der Waals surface area contributed by atoms with Gasteiger partial charge in [-0.05, 0) is 34.1 Å². The van der Waals surface area contributed by atoms with Gasteiger partial charge >= 0.3 is 5.97 Å². The molecular weight excluding hydrogens is 166 g/mol. The minimum Gasteiger partial charge on any atom is -0.457 e. The van der Waals surface area contributed by atoms with Crippen molar-refractivity contribution in [3.05, 3.63) is 12.2 Å². The summed E-state index contributed by atoms with van der Waals surface area (Å²) in [6.07, 6.45) is 0.481. The van der Waals surface area contributed by atoms with E-state index in [1.165, 1.54) is 0 Å². The van der Waals surface area contributed by atoms with Crippen molar-refractivity contribution >= 4 is 5.97 Å². The van der Waals surface area contributed by atoms with Gasteiger partial charge in [0.25, 0.3) is 0 Å². The second-order valence-corrected chi connectivity index (χ2v) is 4.29. The first kappa shape index (κ1) is 12.2. The molecule has 3 nitrogen and oxygen atoms in total. The Morgan fingerprint density at radius 1 is 1.54 bits per heavy atom. The first-order valence-electron chi connectivity index (χ1n) is 4.39. The average molecular weight is 185 g/mol. The molecule has 0 fully saturated rings. The van der Waals surface area contributed by atoms with E-state index in [2.05, 4.69) is 6.58 Å². The zero-order valence-electron chi connectivity index (χ0n) is 8.89. The molecule has 13 heavy (non-hydrogen) atoms. The summed E-state index contributed by atoms with van der Waals surface area (Å²) in [5.41, 5.74) is 5.50. The molecule has 0 saturated heterocycles. The van der Waals surface area contributed by atoms with Crippen LogP contribution in [0, 0.1) is 0 Å². The number of carbonyl (C=O) groups excluding carboxylic acids is 1. The SMILES string of the molecule is C=C(CC(C)N)C(=O)OC(C)(C)C. The highest BCUT2D eigenvalue weighted by molar-refractivity contribution is 5.88. The third-order valence-electron chi connectivity index (χ3n) is 1.26. The Balaban J connectivity index is 4.06. The molecule has 1 unspecified atom stereocenters. The summed E-state index contributed by atoms with van der Waals surface area (Å²) in [5.74, 6) is -0.357. The highest BCUT2D eigenvalue weighted by Crippen LogP contribution is 2.12. The zero-order valence-corrected chi connectivity index (χ0v) is 8.89. The molecule has 0 aromatic carbocycles. The predicted octanol–water partition coefficient (Wildman–Crippen LogP) is 1.62. The fourth-order valence-corrected chi connectivity index (χ4v) is 0.822. The van der Waals surface area contributed by atoms with E-state index in [9.17, 15) is 4.79 Å². The molecule has 0 amide bonds. The monoisotopic (exact) mass is 185 g/mol. The smallest absolute Gasteiger partial charge is 0.333 e. The van der Waals surface area contributed by atoms with E-state index < -0.39 is 5.60 Å². The fraction of sp³-hybridized carbons (Fsp3) is 0.700. The quantitative estimate of drug-likeness (QED) is 0.537. The van der Waals surface area contributed by atoms with Crippen LogP contribution in [0.5, 0.6) is 0 Å². The van der Waals surface area contributed by atoms with Gasteiger partial charge in [0.15, 0.2) is 0 Å². The molecule has 0 aliphatic rings. The van der Waals surface area contributed by atoms with Crippen molar-refractivity contribution in [2.45, 2.75) is 45.8 Å². The Bertz CT molecular complexity index is 201. The third kappa shape index (κ3) is 6.34. The lowest BCUT2D eigenvalue weighted by molar-refractivity contribution is -0.150. The van der Waals surface area contributed by atoms with Crippen molar-refractivity contribution in [2.24, 2.45) is 5.73 Å². The Morgan fingerprint density at radius 2 is 2.00 bits per heavy atom. The summed E-state index contributed by atoms with van der Waals surface area (Å²) in [4.78, 5) is 11.3. The van der Waals surface area contributed by atoms with E-state index in [-0.39, 0.29) is 12.0 Å². The van der Waals surface area contributed by atoms with Gasteiger partial charge in [0.1, 0.15) is 5.60 Å².